The van der Waals surface area contributed by atoms with Crippen LogP contribution in [0.5, 0.6) is 0 Å². The summed E-state index contributed by atoms with van der Waals surface area (Å²) in [5.41, 5.74) is 1.09. The molecule has 0 heterocycles. The number of rotatable bonds is 8. The molecule has 0 aromatic heterocycles. The van der Waals surface area contributed by atoms with Crippen molar-refractivity contribution < 1.29 is 9.50 Å². The molecule has 3 N–H and O–H groups in total. The van der Waals surface area contributed by atoms with E-state index in [1.54, 1.807) is 19.2 Å². The van der Waals surface area contributed by atoms with Crippen molar-refractivity contribution in [1.29, 1.82) is 0 Å². The molecule has 142 valence electrons. The zero-order valence-corrected chi connectivity index (χ0v) is 17.8. The maximum absolute atomic E-state index is 13.6. The molecule has 0 amide bonds. The lowest BCUT2D eigenvalue weighted by Crippen LogP contribution is -2.40. The minimum Gasteiger partial charge on any atom is -0.396 e. The van der Waals surface area contributed by atoms with Crippen molar-refractivity contribution in [2.24, 2.45) is 4.99 Å². The first-order valence-corrected chi connectivity index (χ1v) is 9.20. The zero-order valence-electron chi connectivity index (χ0n) is 14.7. The van der Waals surface area contributed by atoms with Crippen LogP contribution in [0.15, 0.2) is 64.5 Å². The van der Waals surface area contributed by atoms with Gasteiger partial charge in [-0.3, -0.25) is 4.99 Å². The molecule has 0 aliphatic heterocycles. The van der Waals surface area contributed by atoms with E-state index in [1.807, 2.05) is 36.4 Å². The van der Waals surface area contributed by atoms with Crippen LogP contribution < -0.4 is 10.6 Å². The van der Waals surface area contributed by atoms with E-state index in [0.29, 0.717) is 23.9 Å². The number of hydrogen-bond donors (Lipinski definition) is 3. The fourth-order valence-corrected chi connectivity index (χ4v) is 3.15. The van der Waals surface area contributed by atoms with Crippen LogP contribution in [0.4, 0.5) is 4.39 Å². The lowest BCUT2D eigenvalue weighted by atomic mass is 10.0. The van der Waals surface area contributed by atoms with E-state index in [9.17, 15) is 9.50 Å². The number of halogens is 2. The molecule has 4 nitrogen and oxygen atoms in total. The van der Waals surface area contributed by atoms with Crippen LogP contribution in [0.3, 0.4) is 0 Å². The van der Waals surface area contributed by atoms with E-state index in [1.165, 1.54) is 17.8 Å². The smallest absolute Gasteiger partial charge is 0.191 e. The number of benzene rings is 2. The first-order valence-electron chi connectivity index (χ1n) is 8.22. The van der Waals surface area contributed by atoms with Crippen molar-refractivity contribution in [2.45, 2.75) is 10.8 Å². The molecule has 0 spiro atoms. The number of guanidine groups is 1. The Morgan fingerprint density at radius 2 is 1.81 bits per heavy atom. The van der Waals surface area contributed by atoms with Gasteiger partial charge in [0, 0.05) is 36.7 Å². The van der Waals surface area contributed by atoms with Crippen molar-refractivity contribution in [1.82, 2.24) is 10.6 Å². The van der Waals surface area contributed by atoms with Crippen molar-refractivity contribution >= 4 is 41.7 Å². The number of thioether (sulfide) groups is 1. The van der Waals surface area contributed by atoms with Gasteiger partial charge in [0.05, 0.1) is 6.61 Å². The number of aliphatic imine (C=N–C) groups is 1. The topological polar surface area (TPSA) is 56.7 Å². The third-order valence-electron chi connectivity index (χ3n) is 3.72. The van der Waals surface area contributed by atoms with E-state index in [4.69, 9.17) is 0 Å². The highest BCUT2D eigenvalue weighted by Crippen LogP contribution is 2.20. The van der Waals surface area contributed by atoms with Crippen molar-refractivity contribution in [3.63, 3.8) is 0 Å². The molecular weight excluding hydrogens is 464 g/mol. The molecule has 1 unspecified atom stereocenters. The Labute approximate surface area is 175 Å². The molecule has 2 aromatic carbocycles. The summed E-state index contributed by atoms with van der Waals surface area (Å²) in [6.45, 7) is 1.31. The lowest BCUT2D eigenvalue weighted by Gasteiger charge is -2.18. The Morgan fingerprint density at radius 1 is 1.12 bits per heavy atom. The van der Waals surface area contributed by atoms with E-state index >= 15 is 0 Å². The molecule has 0 saturated heterocycles. The maximum atomic E-state index is 13.6. The van der Waals surface area contributed by atoms with Gasteiger partial charge in [-0.05, 0) is 17.7 Å². The molecule has 7 heteroatoms. The van der Waals surface area contributed by atoms with Crippen LogP contribution in [0.2, 0.25) is 0 Å². The third kappa shape index (κ3) is 7.51. The van der Waals surface area contributed by atoms with Gasteiger partial charge < -0.3 is 15.7 Å². The van der Waals surface area contributed by atoms with Crippen LogP contribution >= 0.6 is 35.7 Å². The summed E-state index contributed by atoms with van der Waals surface area (Å²) < 4.78 is 13.6. The zero-order chi connectivity index (χ0) is 17.9. The maximum Gasteiger partial charge on any atom is 0.191 e. The predicted octanol–water partition coefficient (Wildman–Crippen LogP) is 3.48. The highest BCUT2D eigenvalue weighted by Gasteiger charge is 2.10. The van der Waals surface area contributed by atoms with Gasteiger partial charge in [0.2, 0.25) is 0 Å². The lowest BCUT2D eigenvalue weighted by molar-refractivity contribution is 0.265. The Hall–Kier alpha value is -1.32. The van der Waals surface area contributed by atoms with E-state index in [-0.39, 0.29) is 42.3 Å². The molecule has 0 aliphatic rings. The number of aliphatic hydroxyl groups excluding tert-OH is 1. The van der Waals surface area contributed by atoms with Crippen molar-refractivity contribution in [3.8, 4) is 0 Å². The van der Waals surface area contributed by atoms with Gasteiger partial charge in [-0.25, -0.2) is 4.39 Å². The fourth-order valence-electron chi connectivity index (χ4n) is 2.35. The first kappa shape index (κ1) is 22.7. The summed E-state index contributed by atoms with van der Waals surface area (Å²) in [6.07, 6.45) is 0. The van der Waals surface area contributed by atoms with Gasteiger partial charge in [0.15, 0.2) is 5.96 Å². The van der Waals surface area contributed by atoms with E-state index in [0.717, 1.165) is 11.3 Å². The number of aliphatic hydroxyl groups is 1. The summed E-state index contributed by atoms with van der Waals surface area (Å²) in [5, 5.41) is 16.0. The minimum atomic E-state index is -0.191. The predicted molar refractivity (Wildman–Crippen MR) is 118 cm³/mol. The Bertz CT molecular complexity index is 673. The molecular formula is C19H25FIN3OS. The quantitative estimate of drug-likeness (QED) is 0.175. The minimum absolute atomic E-state index is 0. The second-order valence-electron chi connectivity index (χ2n) is 5.45. The van der Waals surface area contributed by atoms with E-state index < -0.39 is 0 Å². The van der Waals surface area contributed by atoms with Crippen LogP contribution in [0.1, 0.15) is 11.5 Å². The average molecular weight is 489 g/mol. The second kappa shape index (κ2) is 12.9. The molecule has 2 rings (SSSR count). The first-order chi connectivity index (χ1) is 12.2. The molecule has 26 heavy (non-hydrogen) atoms. The summed E-state index contributed by atoms with van der Waals surface area (Å²) in [7, 11) is 1.70. The standard InChI is InChI=1S/C19H24FN3OS.HI/c1-21-19(22-11-12-25-18-10-6-5-9-17(18)20)23-13-16(14-24)15-7-3-2-4-8-15;/h2-10,16,24H,11-14H2,1H3,(H2,21,22,23);1H. The molecule has 0 aliphatic carbocycles. The normalized spacial score (nSPS) is 12.2. The fraction of sp³-hybridized carbons (Fsp3) is 0.316. The molecule has 2 aromatic rings. The summed E-state index contributed by atoms with van der Waals surface area (Å²) >= 11 is 1.47. The summed E-state index contributed by atoms with van der Waals surface area (Å²) in [5.74, 6) is 1.21. The van der Waals surface area contributed by atoms with Crippen LogP contribution in [0.25, 0.3) is 0 Å². The molecule has 0 saturated carbocycles. The molecule has 0 bridgehead atoms. The summed E-state index contributed by atoms with van der Waals surface area (Å²) in [6, 6.07) is 16.7. The van der Waals surface area contributed by atoms with Gasteiger partial charge in [-0.15, -0.1) is 35.7 Å². The van der Waals surface area contributed by atoms with Crippen molar-refractivity contribution in [2.75, 3.05) is 32.5 Å². The largest absolute Gasteiger partial charge is 0.396 e. The van der Waals surface area contributed by atoms with Gasteiger partial charge in [-0.2, -0.15) is 0 Å². The monoisotopic (exact) mass is 489 g/mol. The Balaban J connectivity index is 0.00000338. The molecule has 0 fully saturated rings. The van der Waals surface area contributed by atoms with Gasteiger partial charge in [-0.1, -0.05) is 42.5 Å². The Kier molecular flexibility index (Phi) is 11.3. The number of nitrogens with zero attached hydrogens (tertiary/aromatic N) is 1. The van der Waals surface area contributed by atoms with Crippen LogP contribution in [0, 0.1) is 5.82 Å². The van der Waals surface area contributed by atoms with Gasteiger partial charge >= 0.3 is 0 Å². The second-order valence-corrected chi connectivity index (χ2v) is 6.59. The van der Waals surface area contributed by atoms with Crippen LogP contribution in [-0.4, -0.2) is 43.6 Å². The third-order valence-corrected chi connectivity index (χ3v) is 4.77. The molecule has 1 atom stereocenters. The van der Waals surface area contributed by atoms with Crippen LogP contribution in [-0.2, 0) is 0 Å². The highest BCUT2D eigenvalue weighted by atomic mass is 127. The molecule has 0 radical (unpaired) electrons. The highest BCUT2D eigenvalue weighted by molar-refractivity contribution is 14.0. The van der Waals surface area contributed by atoms with Crippen molar-refractivity contribution in [3.05, 3.63) is 66.0 Å². The van der Waals surface area contributed by atoms with E-state index in [2.05, 4.69) is 15.6 Å². The SMILES string of the molecule is CN=C(NCCSc1ccccc1F)NCC(CO)c1ccccc1.I. The van der Waals surface area contributed by atoms with Gasteiger partial charge in [0.25, 0.3) is 0 Å². The summed E-state index contributed by atoms with van der Waals surface area (Å²) in [4.78, 5) is 4.83. The van der Waals surface area contributed by atoms with Gasteiger partial charge in [0.1, 0.15) is 5.82 Å². The Morgan fingerprint density at radius 3 is 2.46 bits per heavy atom. The average Bonchev–Trinajstić information content (AvgIpc) is 2.66. The number of hydrogen-bond acceptors (Lipinski definition) is 3. The number of nitrogens with one attached hydrogen (secondary N) is 2.